The van der Waals surface area contributed by atoms with E-state index in [1.165, 1.54) is 21.1 Å². The first-order chi connectivity index (χ1) is 18.3. The molecule has 3 aromatic carbocycles. The molecular weight excluding hydrogens is 498 g/mol. The Bertz CT molecular complexity index is 1370. The fraction of sp³-hybridized carbons (Fsp3) is 0.367. The van der Waals surface area contributed by atoms with Crippen LogP contribution in [-0.2, 0) is 21.4 Å². The Morgan fingerprint density at radius 3 is 2.32 bits per heavy atom. The van der Waals surface area contributed by atoms with Crippen molar-refractivity contribution >= 4 is 27.3 Å². The number of carbonyl (C=O) groups excluding carboxylic acids is 1. The minimum atomic E-state index is -3.42. The third-order valence-corrected chi connectivity index (χ3v) is 9.25. The molecular formula is C30H35N3O4S. The van der Waals surface area contributed by atoms with E-state index in [9.17, 15) is 13.2 Å². The lowest BCUT2D eigenvalue weighted by Crippen LogP contribution is -2.49. The summed E-state index contributed by atoms with van der Waals surface area (Å²) in [5.74, 6) is 0.0708. The highest BCUT2D eigenvalue weighted by Gasteiger charge is 2.37. The lowest BCUT2D eigenvalue weighted by molar-refractivity contribution is 0.0747. The predicted molar refractivity (Wildman–Crippen MR) is 151 cm³/mol. The zero-order valence-electron chi connectivity index (χ0n) is 22.0. The van der Waals surface area contributed by atoms with Crippen LogP contribution in [0.4, 0.5) is 11.4 Å². The highest BCUT2D eigenvalue weighted by Crippen LogP contribution is 2.30. The van der Waals surface area contributed by atoms with Crippen LogP contribution in [0.15, 0.2) is 72.8 Å². The third kappa shape index (κ3) is 5.71. The predicted octanol–water partition coefficient (Wildman–Crippen LogP) is 4.39. The molecule has 2 aliphatic rings. The maximum Gasteiger partial charge on any atom is 0.253 e. The summed E-state index contributed by atoms with van der Waals surface area (Å²) in [6.07, 6.45) is 0.516. The average molecular weight is 534 g/mol. The van der Waals surface area contributed by atoms with E-state index in [0.717, 1.165) is 18.7 Å². The summed E-state index contributed by atoms with van der Waals surface area (Å²) in [5.41, 5.74) is 5.92. The summed E-state index contributed by atoms with van der Waals surface area (Å²) in [6, 6.07) is 23.0. The van der Waals surface area contributed by atoms with E-state index in [0.29, 0.717) is 44.0 Å². The Labute approximate surface area is 225 Å². The molecule has 7 nitrogen and oxygen atoms in total. The number of hydrogen-bond acceptors (Lipinski definition) is 5. The van der Waals surface area contributed by atoms with Crippen LogP contribution < -0.4 is 9.21 Å². The van der Waals surface area contributed by atoms with E-state index in [1.807, 2.05) is 35.2 Å². The van der Waals surface area contributed by atoms with Gasteiger partial charge in [-0.1, -0.05) is 48.0 Å². The smallest absolute Gasteiger partial charge is 0.253 e. The number of sulfonamides is 1. The Morgan fingerprint density at radius 1 is 0.921 bits per heavy atom. The zero-order valence-corrected chi connectivity index (χ0v) is 22.9. The number of rotatable bonds is 7. The average Bonchev–Trinajstić information content (AvgIpc) is 3.23. The molecule has 2 fully saturated rings. The molecule has 2 saturated heterocycles. The van der Waals surface area contributed by atoms with Gasteiger partial charge in [-0.25, -0.2) is 8.42 Å². The molecule has 0 radical (unpaired) electrons. The topological polar surface area (TPSA) is 70.2 Å². The van der Waals surface area contributed by atoms with Crippen molar-refractivity contribution in [3.63, 3.8) is 0 Å². The molecule has 3 aromatic rings. The van der Waals surface area contributed by atoms with Crippen LogP contribution in [0.2, 0.25) is 0 Å². The number of piperazine rings is 1. The quantitative estimate of drug-likeness (QED) is 0.451. The number of hydrogen-bond donors (Lipinski definition) is 0. The molecule has 1 amide bonds. The second kappa shape index (κ2) is 11.2. The number of nitrogens with zero attached hydrogens (tertiary/aromatic N) is 3. The SMILES string of the molecule is Cc1ccc(N2CCN(C(=O)c3ccc(N4[C@H](COCc5ccccc5)CCS4(=O)=O)cc3)CC2)c(C)c1. The Kier molecular flexibility index (Phi) is 7.72. The highest BCUT2D eigenvalue weighted by atomic mass is 32.2. The first-order valence-corrected chi connectivity index (χ1v) is 14.8. The monoisotopic (exact) mass is 533 g/mol. The summed E-state index contributed by atoms with van der Waals surface area (Å²) >= 11 is 0. The van der Waals surface area contributed by atoms with Gasteiger partial charge in [0.25, 0.3) is 5.91 Å². The lowest BCUT2D eigenvalue weighted by Gasteiger charge is -2.37. The van der Waals surface area contributed by atoms with Crippen LogP contribution >= 0.6 is 0 Å². The summed E-state index contributed by atoms with van der Waals surface area (Å²) in [7, 11) is -3.42. The van der Waals surface area contributed by atoms with Crippen molar-refractivity contribution in [2.24, 2.45) is 0 Å². The van der Waals surface area contributed by atoms with Gasteiger partial charge < -0.3 is 14.5 Å². The van der Waals surface area contributed by atoms with Gasteiger partial charge in [0, 0.05) is 37.4 Å². The number of aryl methyl sites for hydroxylation is 2. The van der Waals surface area contributed by atoms with Gasteiger partial charge in [-0.3, -0.25) is 9.10 Å². The molecule has 1 atom stereocenters. The molecule has 0 bridgehead atoms. The molecule has 0 spiro atoms. The van der Waals surface area contributed by atoms with Crippen LogP contribution in [0.25, 0.3) is 0 Å². The normalized spacial score (nSPS) is 19.1. The van der Waals surface area contributed by atoms with Gasteiger partial charge in [-0.15, -0.1) is 0 Å². The van der Waals surface area contributed by atoms with Crippen LogP contribution in [0.3, 0.4) is 0 Å². The maximum absolute atomic E-state index is 13.2. The van der Waals surface area contributed by atoms with E-state index in [2.05, 4.69) is 36.9 Å². The molecule has 200 valence electrons. The van der Waals surface area contributed by atoms with E-state index in [1.54, 1.807) is 24.3 Å². The van der Waals surface area contributed by atoms with Crippen molar-refractivity contribution < 1.29 is 17.9 Å². The van der Waals surface area contributed by atoms with Crippen LogP contribution in [0, 0.1) is 13.8 Å². The molecule has 2 heterocycles. The second-order valence-corrected chi connectivity index (χ2v) is 12.1. The van der Waals surface area contributed by atoms with Gasteiger partial charge in [0.15, 0.2) is 0 Å². The Hall–Kier alpha value is -3.36. The summed E-state index contributed by atoms with van der Waals surface area (Å²) in [5, 5.41) is 0. The first-order valence-electron chi connectivity index (χ1n) is 13.2. The molecule has 0 unspecified atom stereocenters. The van der Waals surface area contributed by atoms with Crippen molar-refractivity contribution in [1.29, 1.82) is 0 Å². The minimum absolute atomic E-state index is 0.0242. The largest absolute Gasteiger partial charge is 0.375 e. The molecule has 0 N–H and O–H groups in total. The van der Waals surface area contributed by atoms with Gasteiger partial charge >= 0.3 is 0 Å². The Morgan fingerprint density at radius 2 is 1.63 bits per heavy atom. The highest BCUT2D eigenvalue weighted by molar-refractivity contribution is 7.93. The van der Waals surface area contributed by atoms with Gasteiger partial charge in [0.2, 0.25) is 10.0 Å². The number of ether oxygens (including phenoxy) is 1. The first kappa shape index (κ1) is 26.3. The Balaban J connectivity index is 1.21. The third-order valence-electron chi connectivity index (χ3n) is 7.39. The second-order valence-electron chi connectivity index (χ2n) is 10.2. The molecule has 5 rings (SSSR count). The van der Waals surface area contributed by atoms with Crippen LogP contribution in [0.5, 0.6) is 0 Å². The number of anilines is 2. The molecule has 38 heavy (non-hydrogen) atoms. The lowest BCUT2D eigenvalue weighted by atomic mass is 10.1. The number of benzene rings is 3. The fourth-order valence-electron chi connectivity index (χ4n) is 5.38. The van der Waals surface area contributed by atoms with Crippen molar-refractivity contribution in [3.8, 4) is 0 Å². The van der Waals surface area contributed by atoms with Crippen LogP contribution in [-0.4, -0.2) is 63.8 Å². The molecule has 8 heteroatoms. The van der Waals surface area contributed by atoms with Gasteiger partial charge in [0.05, 0.1) is 30.7 Å². The van der Waals surface area contributed by atoms with Crippen LogP contribution in [0.1, 0.15) is 33.5 Å². The molecule has 2 aliphatic heterocycles. The van der Waals surface area contributed by atoms with Crippen molar-refractivity contribution in [2.75, 3.05) is 47.7 Å². The molecule has 0 aliphatic carbocycles. The summed E-state index contributed by atoms with van der Waals surface area (Å²) < 4.78 is 33.0. The van der Waals surface area contributed by atoms with Crippen molar-refractivity contribution in [2.45, 2.75) is 32.9 Å². The fourth-order valence-corrected chi connectivity index (χ4v) is 7.21. The molecule has 0 saturated carbocycles. The molecule has 0 aromatic heterocycles. The van der Waals surface area contributed by atoms with Crippen molar-refractivity contribution in [3.05, 3.63) is 95.1 Å². The summed E-state index contributed by atoms with van der Waals surface area (Å²) in [6.45, 7) is 7.84. The van der Waals surface area contributed by atoms with Gasteiger partial charge in [0.1, 0.15) is 0 Å². The van der Waals surface area contributed by atoms with Gasteiger partial charge in [-0.2, -0.15) is 0 Å². The van der Waals surface area contributed by atoms with Gasteiger partial charge in [-0.05, 0) is 61.7 Å². The van der Waals surface area contributed by atoms with E-state index >= 15 is 0 Å². The van der Waals surface area contributed by atoms with E-state index in [4.69, 9.17) is 4.74 Å². The minimum Gasteiger partial charge on any atom is -0.375 e. The summed E-state index contributed by atoms with van der Waals surface area (Å²) in [4.78, 5) is 17.4. The number of amides is 1. The maximum atomic E-state index is 13.2. The van der Waals surface area contributed by atoms with E-state index in [-0.39, 0.29) is 17.7 Å². The standard InChI is InChI=1S/C30H35N3O4S/c1-23-8-13-29(24(2)20-23)31-15-17-32(18-16-31)30(34)26-9-11-27(12-10-26)33-28(14-19-38(33,35)36)22-37-21-25-6-4-3-5-7-25/h3-13,20,28H,14-19,21-22H2,1-2H3/t28-/m0/s1. The van der Waals surface area contributed by atoms with Crippen molar-refractivity contribution in [1.82, 2.24) is 4.90 Å². The van der Waals surface area contributed by atoms with E-state index < -0.39 is 10.0 Å². The zero-order chi connectivity index (χ0) is 26.7. The number of carbonyl (C=O) groups is 1.